The van der Waals surface area contributed by atoms with Crippen molar-refractivity contribution < 1.29 is 9.90 Å². The molecule has 2 atom stereocenters. The Hall–Kier alpha value is -1.35. The lowest BCUT2D eigenvalue weighted by Gasteiger charge is -2.28. The summed E-state index contributed by atoms with van der Waals surface area (Å²) in [5.41, 5.74) is 2.86. The molecule has 0 saturated heterocycles. The van der Waals surface area contributed by atoms with E-state index in [1.54, 1.807) is 0 Å². The maximum absolute atomic E-state index is 12.1. The summed E-state index contributed by atoms with van der Waals surface area (Å²) in [6, 6.07) is 5.73. The Kier molecular flexibility index (Phi) is 4.02. The Morgan fingerprint density at radius 3 is 2.39 bits per heavy atom. The van der Waals surface area contributed by atoms with Gasteiger partial charge in [0.1, 0.15) is 0 Å². The third kappa shape index (κ3) is 3.10. The van der Waals surface area contributed by atoms with Crippen LogP contribution in [0.15, 0.2) is 18.2 Å². The van der Waals surface area contributed by atoms with Gasteiger partial charge < -0.3 is 10.4 Å². The molecule has 1 aliphatic carbocycles. The minimum absolute atomic E-state index is 0.0762. The lowest BCUT2D eigenvalue weighted by atomic mass is 9.92. The third-order valence-electron chi connectivity index (χ3n) is 3.53. The van der Waals surface area contributed by atoms with Crippen LogP contribution in [-0.4, -0.2) is 23.2 Å². The van der Waals surface area contributed by atoms with E-state index in [0.717, 1.165) is 36.8 Å². The molecule has 1 aromatic carbocycles. The van der Waals surface area contributed by atoms with Crippen molar-refractivity contribution in [2.45, 2.75) is 51.7 Å². The van der Waals surface area contributed by atoms with E-state index in [1.807, 2.05) is 32.0 Å². The fraction of sp³-hybridized carbons (Fsp3) is 0.533. The highest BCUT2D eigenvalue weighted by Gasteiger charge is 2.24. The topological polar surface area (TPSA) is 49.3 Å². The van der Waals surface area contributed by atoms with E-state index in [-0.39, 0.29) is 11.9 Å². The zero-order valence-electron chi connectivity index (χ0n) is 11.1. The van der Waals surface area contributed by atoms with Crippen molar-refractivity contribution in [1.82, 2.24) is 5.32 Å². The van der Waals surface area contributed by atoms with Gasteiger partial charge in [-0.25, -0.2) is 0 Å². The van der Waals surface area contributed by atoms with E-state index < -0.39 is 6.10 Å². The summed E-state index contributed by atoms with van der Waals surface area (Å²) in [4.78, 5) is 12.1. The highest BCUT2D eigenvalue weighted by molar-refractivity contribution is 5.94. The van der Waals surface area contributed by atoms with Crippen molar-refractivity contribution in [1.29, 1.82) is 0 Å². The monoisotopic (exact) mass is 247 g/mol. The molecule has 2 N–H and O–H groups in total. The van der Waals surface area contributed by atoms with E-state index in [1.165, 1.54) is 0 Å². The summed E-state index contributed by atoms with van der Waals surface area (Å²) in [6.07, 6.45) is 3.40. The van der Waals surface area contributed by atoms with Crippen molar-refractivity contribution in [3.05, 3.63) is 34.9 Å². The molecule has 0 spiro atoms. The van der Waals surface area contributed by atoms with Crippen LogP contribution in [0, 0.1) is 13.8 Å². The molecule has 0 unspecified atom stereocenters. The molecule has 1 aromatic rings. The van der Waals surface area contributed by atoms with Gasteiger partial charge in [0, 0.05) is 5.56 Å². The number of rotatable bonds is 2. The fourth-order valence-corrected chi connectivity index (χ4v) is 2.64. The maximum Gasteiger partial charge on any atom is 0.251 e. The summed E-state index contributed by atoms with van der Waals surface area (Å²) in [6.45, 7) is 3.97. The number of nitrogens with one attached hydrogen (secondary N) is 1. The Balaban J connectivity index is 2.06. The molecule has 18 heavy (non-hydrogen) atoms. The van der Waals surface area contributed by atoms with E-state index in [2.05, 4.69) is 5.32 Å². The van der Waals surface area contributed by atoms with E-state index >= 15 is 0 Å². The summed E-state index contributed by atoms with van der Waals surface area (Å²) < 4.78 is 0. The molecule has 0 aliphatic heterocycles. The van der Waals surface area contributed by atoms with Crippen LogP contribution in [0.25, 0.3) is 0 Å². The van der Waals surface area contributed by atoms with Gasteiger partial charge in [-0.15, -0.1) is 0 Å². The van der Waals surface area contributed by atoms with Crippen LogP contribution in [-0.2, 0) is 0 Å². The normalized spacial score (nSPS) is 23.7. The lowest BCUT2D eigenvalue weighted by Crippen LogP contribution is -2.45. The van der Waals surface area contributed by atoms with Crippen molar-refractivity contribution in [3.63, 3.8) is 0 Å². The minimum atomic E-state index is -0.395. The largest absolute Gasteiger partial charge is 0.391 e. The van der Waals surface area contributed by atoms with E-state index in [0.29, 0.717) is 5.56 Å². The predicted molar refractivity (Wildman–Crippen MR) is 71.6 cm³/mol. The highest BCUT2D eigenvalue weighted by Crippen LogP contribution is 2.19. The van der Waals surface area contributed by atoms with Crippen LogP contribution < -0.4 is 5.32 Å². The molecule has 1 aliphatic rings. The number of hydrogen-bond acceptors (Lipinski definition) is 2. The van der Waals surface area contributed by atoms with Gasteiger partial charge in [-0.05, 0) is 38.8 Å². The molecule has 1 fully saturated rings. The average Bonchev–Trinajstić information content (AvgIpc) is 2.31. The van der Waals surface area contributed by atoms with Gasteiger partial charge in [-0.1, -0.05) is 30.0 Å². The Labute approximate surface area is 108 Å². The van der Waals surface area contributed by atoms with Crippen LogP contribution in [0.4, 0.5) is 0 Å². The number of aliphatic hydroxyl groups excluding tert-OH is 1. The first-order chi connectivity index (χ1) is 8.56. The summed E-state index contributed by atoms with van der Waals surface area (Å²) >= 11 is 0. The molecule has 0 aromatic heterocycles. The predicted octanol–water partition coefficient (Wildman–Crippen LogP) is 2.34. The zero-order chi connectivity index (χ0) is 13.1. The first-order valence-corrected chi connectivity index (χ1v) is 6.63. The zero-order valence-corrected chi connectivity index (χ0v) is 11.1. The van der Waals surface area contributed by atoms with Crippen molar-refractivity contribution in [2.75, 3.05) is 0 Å². The molecular formula is C15H21NO2. The van der Waals surface area contributed by atoms with Gasteiger partial charge in [0.15, 0.2) is 0 Å². The quantitative estimate of drug-likeness (QED) is 0.842. The number of carbonyl (C=O) groups is 1. The van der Waals surface area contributed by atoms with Crippen LogP contribution in [0.1, 0.15) is 47.2 Å². The second-order valence-corrected chi connectivity index (χ2v) is 5.31. The molecule has 1 saturated carbocycles. The van der Waals surface area contributed by atoms with E-state index in [4.69, 9.17) is 0 Å². The molecular weight excluding hydrogens is 226 g/mol. The lowest BCUT2D eigenvalue weighted by molar-refractivity contribution is 0.0717. The van der Waals surface area contributed by atoms with Crippen molar-refractivity contribution in [3.8, 4) is 0 Å². The maximum atomic E-state index is 12.1. The summed E-state index contributed by atoms with van der Waals surface area (Å²) in [5, 5.41) is 12.8. The minimum Gasteiger partial charge on any atom is -0.391 e. The number of aryl methyl sites for hydroxylation is 2. The second-order valence-electron chi connectivity index (χ2n) is 5.31. The number of carbonyl (C=O) groups excluding carboxylic acids is 1. The average molecular weight is 247 g/mol. The highest BCUT2D eigenvalue weighted by atomic mass is 16.3. The van der Waals surface area contributed by atoms with Gasteiger partial charge in [0.25, 0.3) is 5.91 Å². The van der Waals surface area contributed by atoms with Crippen LogP contribution in [0.5, 0.6) is 0 Å². The third-order valence-corrected chi connectivity index (χ3v) is 3.53. The SMILES string of the molecule is Cc1cc(C)cc(C(=O)N[C@@H]2CCCC[C@H]2O)c1. The van der Waals surface area contributed by atoms with Crippen LogP contribution in [0.3, 0.4) is 0 Å². The Bertz CT molecular complexity index is 422. The molecule has 3 heteroatoms. The molecule has 0 bridgehead atoms. The number of aliphatic hydroxyl groups is 1. The smallest absolute Gasteiger partial charge is 0.251 e. The number of benzene rings is 1. The Morgan fingerprint density at radius 1 is 1.17 bits per heavy atom. The van der Waals surface area contributed by atoms with Gasteiger partial charge >= 0.3 is 0 Å². The molecule has 2 rings (SSSR count). The standard InChI is InChI=1S/C15H21NO2/c1-10-7-11(2)9-12(8-10)15(18)16-13-5-3-4-6-14(13)17/h7-9,13-14,17H,3-6H2,1-2H3,(H,16,18)/t13-,14-/m1/s1. The van der Waals surface area contributed by atoms with Gasteiger partial charge in [-0.2, -0.15) is 0 Å². The van der Waals surface area contributed by atoms with Gasteiger partial charge in [0.05, 0.1) is 12.1 Å². The molecule has 3 nitrogen and oxygen atoms in total. The van der Waals surface area contributed by atoms with Crippen LogP contribution >= 0.6 is 0 Å². The molecule has 0 radical (unpaired) electrons. The van der Waals surface area contributed by atoms with Gasteiger partial charge in [0.2, 0.25) is 0 Å². The molecule has 98 valence electrons. The summed E-state index contributed by atoms with van der Waals surface area (Å²) in [5.74, 6) is -0.0762. The van der Waals surface area contributed by atoms with Crippen molar-refractivity contribution in [2.24, 2.45) is 0 Å². The number of hydrogen-bond donors (Lipinski definition) is 2. The van der Waals surface area contributed by atoms with Crippen molar-refractivity contribution >= 4 is 5.91 Å². The molecule has 1 amide bonds. The van der Waals surface area contributed by atoms with E-state index in [9.17, 15) is 9.90 Å². The van der Waals surface area contributed by atoms with Crippen LogP contribution in [0.2, 0.25) is 0 Å². The number of amides is 1. The second kappa shape index (κ2) is 5.53. The first-order valence-electron chi connectivity index (χ1n) is 6.63. The molecule has 0 heterocycles. The van der Waals surface area contributed by atoms with Gasteiger partial charge in [-0.3, -0.25) is 4.79 Å². The summed E-state index contributed by atoms with van der Waals surface area (Å²) in [7, 11) is 0. The fourth-order valence-electron chi connectivity index (χ4n) is 2.64. The first kappa shape index (κ1) is 13.1. The Morgan fingerprint density at radius 2 is 1.78 bits per heavy atom.